The fraction of sp³-hybridized carbons (Fsp3) is 0.316. The maximum atomic E-state index is 10.2. The SMILES string of the molecule is C#Cc1c(C2CCCNC2)cc(-c2c(C)cccc2O)nc1N. The van der Waals surface area contributed by atoms with Crippen LogP contribution >= 0.6 is 0 Å². The zero-order valence-corrected chi connectivity index (χ0v) is 13.3. The summed E-state index contributed by atoms with van der Waals surface area (Å²) in [7, 11) is 0. The van der Waals surface area contributed by atoms with Gasteiger partial charge in [0.05, 0.1) is 11.3 Å². The van der Waals surface area contributed by atoms with E-state index >= 15 is 0 Å². The third-order valence-electron chi connectivity index (χ3n) is 4.47. The molecule has 118 valence electrons. The Balaban J connectivity index is 2.17. The predicted molar refractivity (Wildman–Crippen MR) is 93.3 cm³/mol. The third-order valence-corrected chi connectivity index (χ3v) is 4.47. The fourth-order valence-electron chi connectivity index (χ4n) is 3.30. The van der Waals surface area contributed by atoms with Crippen molar-refractivity contribution in [1.29, 1.82) is 0 Å². The molecule has 1 aliphatic rings. The molecule has 1 aromatic heterocycles. The number of benzene rings is 1. The summed E-state index contributed by atoms with van der Waals surface area (Å²) in [5.74, 6) is 3.58. The summed E-state index contributed by atoms with van der Waals surface area (Å²) in [5.41, 5.74) is 10.2. The summed E-state index contributed by atoms with van der Waals surface area (Å²) in [4.78, 5) is 4.45. The number of nitrogens with one attached hydrogen (secondary N) is 1. The maximum absolute atomic E-state index is 10.2. The molecule has 1 saturated heterocycles. The van der Waals surface area contributed by atoms with Gasteiger partial charge in [-0.1, -0.05) is 18.1 Å². The molecule has 1 aliphatic heterocycles. The average molecular weight is 307 g/mol. The molecule has 4 N–H and O–H groups in total. The average Bonchev–Trinajstić information content (AvgIpc) is 2.55. The standard InChI is InChI=1S/C19H21N3O/c1-3-14-15(13-7-5-9-21-11-13)10-16(22-19(14)20)18-12(2)6-4-8-17(18)23/h1,4,6,8,10,13,21,23H,5,7,9,11H2,2H3,(H2,20,22). The minimum Gasteiger partial charge on any atom is -0.507 e. The van der Waals surface area contributed by atoms with Crippen molar-refractivity contribution in [3.8, 4) is 29.4 Å². The molecule has 23 heavy (non-hydrogen) atoms. The van der Waals surface area contributed by atoms with Crippen LogP contribution in [0.2, 0.25) is 0 Å². The second-order valence-corrected chi connectivity index (χ2v) is 6.01. The van der Waals surface area contributed by atoms with Crippen LogP contribution in [0.25, 0.3) is 11.3 Å². The van der Waals surface area contributed by atoms with Gasteiger partial charge < -0.3 is 16.2 Å². The first-order valence-electron chi connectivity index (χ1n) is 7.88. The zero-order chi connectivity index (χ0) is 16.4. The first kappa shape index (κ1) is 15.4. The van der Waals surface area contributed by atoms with E-state index in [0.29, 0.717) is 28.6 Å². The van der Waals surface area contributed by atoms with Gasteiger partial charge in [0, 0.05) is 12.1 Å². The maximum Gasteiger partial charge on any atom is 0.140 e. The van der Waals surface area contributed by atoms with Gasteiger partial charge >= 0.3 is 0 Å². The molecular formula is C19H21N3O. The van der Waals surface area contributed by atoms with Crippen LogP contribution in [0.1, 0.15) is 35.4 Å². The van der Waals surface area contributed by atoms with Crippen molar-refractivity contribution in [2.24, 2.45) is 0 Å². The second-order valence-electron chi connectivity index (χ2n) is 6.01. The molecule has 4 heteroatoms. The molecular weight excluding hydrogens is 286 g/mol. The quantitative estimate of drug-likeness (QED) is 0.746. The number of piperidine rings is 1. The van der Waals surface area contributed by atoms with Crippen molar-refractivity contribution in [1.82, 2.24) is 10.3 Å². The largest absolute Gasteiger partial charge is 0.507 e. The van der Waals surface area contributed by atoms with Gasteiger partial charge in [-0.3, -0.25) is 0 Å². The number of anilines is 1. The Morgan fingerprint density at radius 2 is 2.26 bits per heavy atom. The molecule has 0 saturated carbocycles. The number of phenolic OH excluding ortho intramolecular Hbond substituents is 1. The van der Waals surface area contributed by atoms with E-state index in [1.54, 1.807) is 6.07 Å². The highest BCUT2D eigenvalue weighted by molar-refractivity contribution is 5.74. The summed E-state index contributed by atoms with van der Waals surface area (Å²) in [6.07, 6.45) is 7.85. The zero-order valence-electron chi connectivity index (χ0n) is 13.3. The molecule has 1 atom stereocenters. The van der Waals surface area contributed by atoms with Gasteiger partial charge in [0.2, 0.25) is 0 Å². The normalized spacial score (nSPS) is 17.7. The number of hydrogen-bond donors (Lipinski definition) is 3. The lowest BCUT2D eigenvalue weighted by atomic mass is 9.87. The number of aromatic hydroxyl groups is 1. The van der Waals surface area contributed by atoms with Gasteiger partial charge in [0.25, 0.3) is 0 Å². The van der Waals surface area contributed by atoms with Gasteiger partial charge in [-0.2, -0.15) is 0 Å². The Labute approximate surface area is 136 Å². The van der Waals surface area contributed by atoms with Gasteiger partial charge in [-0.15, -0.1) is 6.42 Å². The molecule has 2 heterocycles. The summed E-state index contributed by atoms with van der Waals surface area (Å²) in [6.45, 7) is 3.87. The first-order chi connectivity index (χ1) is 11.1. The summed E-state index contributed by atoms with van der Waals surface area (Å²) >= 11 is 0. The molecule has 0 radical (unpaired) electrons. The topological polar surface area (TPSA) is 71.2 Å². The van der Waals surface area contributed by atoms with Crippen molar-refractivity contribution < 1.29 is 5.11 Å². The Morgan fingerprint density at radius 1 is 1.43 bits per heavy atom. The molecule has 0 spiro atoms. The molecule has 1 aromatic carbocycles. The molecule has 1 fully saturated rings. The van der Waals surface area contributed by atoms with Crippen molar-refractivity contribution in [2.45, 2.75) is 25.7 Å². The monoisotopic (exact) mass is 307 g/mol. The minimum absolute atomic E-state index is 0.207. The van der Waals surface area contributed by atoms with Crippen LogP contribution in [0, 0.1) is 19.3 Å². The lowest BCUT2D eigenvalue weighted by Crippen LogP contribution is -2.29. The Morgan fingerprint density at radius 3 is 2.91 bits per heavy atom. The van der Waals surface area contributed by atoms with Crippen LogP contribution in [0.4, 0.5) is 5.82 Å². The third kappa shape index (κ3) is 2.88. The molecule has 0 amide bonds. The highest BCUT2D eigenvalue weighted by Gasteiger charge is 2.22. The highest BCUT2D eigenvalue weighted by Crippen LogP contribution is 2.36. The van der Waals surface area contributed by atoms with Crippen LogP contribution in [0.5, 0.6) is 5.75 Å². The van der Waals surface area contributed by atoms with Gasteiger partial charge in [-0.05, 0) is 55.5 Å². The predicted octanol–water partition coefficient (Wildman–Crippen LogP) is 2.79. The number of terminal acetylenes is 1. The highest BCUT2D eigenvalue weighted by atomic mass is 16.3. The van der Waals surface area contributed by atoms with Gasteiger partial charge in [0.15, 0.2) is 0 Å². The lowest BCUT2D eigenvalue weighted by Gasteiger charge is -2.25. The van der Waals surface area contributed by atoms with Crippen molar-refractivity contribution in [3.05, 3.63) is 41.0 Å². The molecule has 0 aliphatic carbocycles. The smallest absolute Gasteiger partial charge is 0.140 e. The van der Waals surface area contributed by atoms with E-state index in [4.69, 9.17) is 12.2 Å². The molecule has 3 rings (SSSR count). The second kappa shape index (κ2) is 6.31. The van der Waals surface area contributed by atoms with Crippen LogP contribution < -0.4 is 11.1 Å². The molecule has 2 aromatic rings. The number of phenols is 1. The number of rotatable bonds is 2. The van der Waals surface area contributed by atoms with Crippen LogP contribution in [-0.2, 0) is 0 Å². The van der Waals surface area contributed by atoms with Crippen molar-refractivity contribution >= 4 is 5.82 Å². The number of nitrogen functional groups attached to an aromatic ring is 1. The van der Waals surface area contributed by atoms with Crippen LogP contribution in [0.3, 0.4) is 0 Å². The van der Waals surface area contributed by atoms with E-state index in [0.717, 1.165) is 37.1 Å². The van der Waals surface area contributed by atoms with Crippen molar-refractivity contribution in [3.63, 3.8) is 0 Å². The van der Waals surface area contributed by atoms with E-state index in [9.17, 15) is 5.11 Å². The number of nitrogens with two attached hydrogens (primary N) is 1. The van der Waals surface area contributed by atoms with E-state index in [1.165, 1.54) is 0 Å². The van der Waals surface area contributed by atoms with Gasteiger partial charge in [-0.25, -0.2) is 4.98 Å². The van der Waals surface area contributed by atoms with E-state index < -0.39 is 0 Å². The van der Waals surface area contributed by atoms with Crippen molar-refractivity contribution in [2.75, 3.05) is 18.8 Å². The number of nitrogens with zero attached hydrogens (tertiary/aromatic N) is 1. The number of hydrogen-bond acceptors (Lipinski definition) is 4. The lowest BCUT2D eigenvalue weighted by molar-refractivity contribution is 0.461. The Hall–Kier alpha value is -2.51. The number of pyridine rings is 1. The van der Waals surface area contributed by atoms with Gasteiger partial charge in [0.1, 0.15) is 11.6 Å². The number of aromatic nitrogens is 1. The Bertz CT molecular complexity index is 751. The molecule has 0 bridgehead atoms. The molecule has 1 unspecified atom stereocenters. The van der Waals surface area contributed by atoms with E-state index in [1.807, 2.05) is 25.1 Å². The summed E-state index contributed by atoms with van der Waals surface area (Å²) < 4.78 is 0. The fourth-order valence-corrected chi connectivity index (χ4v) is 3.30. The molecule has 4 nitrogen and oxygen atoms in total. The van der Waals surface area contributed by atoms with Crippen LogP contribution in [-0.4, -0.2) is 23.2 Å². The minimum atomic E-state index is 0.207. The van der Waals surface area contributed by atoms with E-state index in [2.05, 4.69) is 16.2 Å². The number of aryl methyl sites for hydroxylation is 1. The first-order valence-corrected chi connectivity index (χ1v) is 7.88. The summed E-state index contributed by atoms with van der Waals surface area (Å²) in [5, 5.41) is 13.6. The van der Waals surface area contributed by atoms with Crippen LogP contribution in [0.15, 0.2) is 24.3 Å². The summed E-state index contributed by atoms with van der Waals surface area (Å²) in [6, 6.07) is 7.42. The van der Waals surface area contributed by atoms with E-state index in [-0.39, 0.29) is 5.75 Å². The Kier molecular flexibility index (Phi) is 4.22.